The van der Waals surface area contributed by atoms with Crippen molar-refractivity contribution >= 4 is 27.7 Å². The zero-order valence-corrected chi connectivity index (χ0v) is 12.1. The van der Waals surface area contributed by atoms with Crippen molar-refractivity contribution < 1.29 is 0 Å². The summed E-state index contributed by atoms with van der Waals surface area (Å²) in [5.41, 5.74) is 1.35. The van der Waals surface area contributed by atoms with Gasteiger partial charge in [0, 0.05) is 21.8 Å². The summed E-state index contributed by atoms with van der Waals surface area (Å²) in [6.45, 7) is 4.57. The summed E-state index contributed by atoms with van der Waals surface area (Å²) in [6, 6.07) is 9.54. The lowest BCUT2D eigenvalue weighted by molar-refractivity contribution is 0.453. The van der Waals surface area contributed by atoms with Gasteiger partial charge in [-0.1, -0.05) is 41.1 Å². The van der Waals surface area contributed by atoms with Crippen LogP contribution in [0.15, 0.2) is 28.7 Å². The van der Waals surface area contributed by atoms with E-state index in [9.17, 15) is 0 Å². The highest BCUT2D eigenvalue weighted by atomic mass is 79.9. The third-order valence-corrected chi connectivity index (χ3v) is 5.26. The average molecular weight is 300 g/mol. The van der Waals surface area contributed by atoms with Gasteiger partial charge in [-0.05, 0) is 30.7 Å². The first-order valence-corrected chi connectivity index (χ1v) is 7.64. The lowest BCUT2D eigenvalue weighted by Crippen LogP contribution is -2.35. The normalized spacial score (nSPS) is 26.9. The molecule has 0 radical (unpaired) electrons. The molecule has 0 amide bonds. The minimum atomic E-state index is 0.418. The fourth-order valence-corrected chi connectivity index (χ4v) is 4.02. The van der Waals surface area contributed by atoms with Gasteiger partial charge in [0.05, 0.1) is 0 Å². The molecule has 2 unspecified atom stereocenters. The summed E-state index contributed by atoms with van der Waals surface area (Å²) in [7, 11) is 0. The van der Waals surface area contributed by atoms with E-state index in [-0.39, 0.29) is 0 Å². The molecule has 0 saturated carbocycles. The molecule has 1 aliphatic rings. The molecule has 2 rings (SSSR count). The van der Waals surface area contributed by atoms with E-state index in [0.29, 0.717) is 12.1 Å². The molecule has 3 atom stereocenters. The van der Waals surface area contributed by atoms with Crippen molar-refractivity contribution in [2.75, 3.05) is 5.75 Å². The Hall–Kier alpha value is 0.01000. The Bertz CT molecular complexity index is 356. The van der Waals surface area contributed by atoms with E-state index in [4.69, 9.17) is 0 Å². The van der Waals surface area contributed by atoms with Crippen LogP contribution in [0.3, 0.4) is 0 Å². The highest BCUT2D eigenvalue weighted by Gasteiger charge is 2.25. The van der Waals surface area contributed by atoms with Crippen LogP contribution in [0, 0.1) is 0 Å². The van der Waals surface area contributed by atoms with E-state index in [1.54, 1.807) is 0 Å². The summed E-state index contributed by atoms with van der Waals surface area (Å²) in [4.78, 5) is 0. The van der Waals surface area contributed by atoms with Crippen LogP contribution in [0.25, 0.3) is 0 Å². The number of nitrogens with one attached hydrogen (secondary N) is 1. The molecule has 88 valence electrons. The molecule has 1 heterocycles. The number of hydrogen-bond acceptors (Lipinski definition) is 2. The van der Waals surface area contributed by atoms with E-state index < -0.39 is 0 Å². The number of thioether (sulfide) groups is 1. The number of rotatable bonds is 3. The van der Waals surface area contributed by atoms with Crippen molar-refractivity contribution in [2.45, 2.75) is 37.6 Å². The maximum atomic E-state index is 3.73. The standard InChI is InChI=1S/C13H18BrNS/c1-9(11-5-3-4-6-12(11)14)15-13-7-8-16-10(13)2/h3-6,9-10,13,15H,7-8H2,1-2H3/t9-,10?,13?/m0/s1. The first kappa shape index (κ1) is 12.5. The second kappa shape index (κ2) is 5.56. The number of hydrogen-bond donors (Lipinski definition) is 1. The molecule has 1 aromatic rings. The molecule has 1 nitrogen and oxygen atoms in total. The fraction of sp³-hybridized carbons (Fsp3) is 0.538. The van der Waals surface area contributed by atoms with Crippen molar-refractivity contribution in [3.63, 3.8) is 0 Å². The van der Waals surface area contributed by atoms with Gasteiger partial charge in [0.15, 0.2) is 0 Å². The Morgan fingerprint density at radius 3 is 2.81 bits per heavy atom. The molecule has 1 fully saturated rings. The highest BCUT2D eigenvalue weighted by molar-refractivity contribution is 9.10. The van der Waals surface area contributed by atoms with Gasteiger partial charge in [-0.2, -0.15) is 11.8 Å². The Labute approximate surface area is 111 Å². The van der Waals surface area contributed by atoms with Gasteiger partial charge in [0.1, 0.15) is 0 Å². The Balaban J connectivity index is 2.03. The second-order valence-corrected chi connectivity index (χ2v) is 6.72. The van der Waals surface area contributed by atoms with Crippen LogP contribution < -0.4 is 5.32 Å². The molecular formula is C13H18BrNS. The summed E-state index contributed by atoms with van der Waals surface area (Å²) in [5.74, 6) is 1.29. The molecule has 0 aliphatic carbocycles. The van der Waals surface area contributed by atoms with Crippen LogP contribution in [0.4, 0.5) is 0 Å². The average Bonchev–Trinajstić information content (AvgIpc) is 2.65. The van der Waals surface area contributed by atoms with Gasteiger partial charge in [0.25, 0.3) is 0 Å². The summed E-state index contributed by atoms with van der Waals surface area (Å²) in [6.07, 6.45) is 1.29. The van der Waals surface area contributed by atoms with Gasteiger partial charge in [-0.3, -0.25) is 0 Å². The minimum absolute atomic E-state index is 0.418. The van der Waals surface area contributed by atoms with Crippen LogP contribution in [-0.2, 0) is 0 Å². The maximum Gasteiger partial charge on any atom is 0.0305 e. The van der Waals surface area contributed by atoms with Crippen molar-refractivity contribution in [3.8, 4) is 0 Å². The molecule has 1 N–H and O–H groups in total. The Kier molecular flexibility index (Phi) is 4.34. The van der Waals surface area contributed by atoms with Crippen LogP contribution in [0.5, 0.6) is 0 Å². The van der Waals surface area contributed by atoms with E-state index in [2.05, 4.69) is 71.1 Å². The molecule has 0 bridgehead atoms. The third-order valence-electron chi connectivity index (χ3n) is 3.21. The monoisotopic (exact) mass is 299 g/mol. The van der Waals surface area contributed by atoms with E-state index in [1.165, 1.54) is 22.2 Å². The topological polar surface area (TPSA) is 12.0 Å². The summed E-state index contributed by atoms with van der Waals surface area (Å²) in [5, 5.41) is 4.48. The quantitative estimate of drug-likeness (QED) is 0.905. The van der Waals surface area contributed by atoms with Gasteiger partial charge < -0.3 is 5.32 Å². The largest absolute Gasteiger partial charge is 0.306 e. The molecular weight excluding hydrogens is 282 g/mol. The van der Waals surface area contributed by atoms with Crippen LogP contribution in [0.2, 0.25) is 0 Å². The van der Waals surface area contributed by atoms with E-state index in [1.807, 2.05) is 0 Å². The van der Waals surface area contributed by atoms with Crippen LogP contribution >= 0.6 is 27.7 Å². The second-order valence-electron chi connectivity index (χ2n) is 4.38. The molecule has 0 spiro atoms. The Morgan fingerprint density at radius 2 is 2.19 bits per heavy atom. The van der Waals surface area contributed by atoms with Gasteiger partial charge >= 0.3 is 0 Å². The SMILES string of the molecule is CC1SCCC1N[C@@H](C)c1ccccc1Br. The fourth-order valence-electron chi connectivity index (χ4n) is 2.19. The third kappa shape index (κ3) is 2.82. The molecule has 0 aromatic heterocycles. The molecule has 1 saturated heterocycles. The van der Waals surface area contributed by atoms with Gasteiger partial charge in [-0.15, -0.1) is 0 Å². The van der Waals surface area contributed by atoms with Crippen molar-refractivity contribution in [1.29, 1.82) is 0 Å². The number of halogens is 1. The Morgan fingerprint density at radius 1 is 1.44 bits per heavy atom. The molecule has 3 heteroatoms. The summed E-state index contributed by atoms with van der Waals surface area (Å²) >= 11 is 5.69. The smallest absolute Gasteiger partial charge is 0.0305 e. The first-order chi connectivity index (χ1) is 7.68. The summed E-state index contributed by atoms with van der Waals surface area (Å²) < 4.78 is 1.20. The highest BCUT2D eigenvalue weighted by Crippen LogP contribution is 2.29. The molecule has 16 heavy (non-hydrogen) atoms. The predicted molar refractivity (Wildman–Crippen MR) is 76.0 cm³/mol. The first-order valence-electron chi connectivity index (χ1n) is 5.80. The maximum absolute atomic E-state index is 3.73. The number of benzene rings is 1. The van der Waals surface area contributed by atoms with Crippen molar-refractivity contribution in [2.24, 2.45) is 0 Å². The lowest BCUT2D eigenvalue weighted by Gasteiger charge is -2.23. The van der Waals surface area contributed by atoms with E-state index >= 15 is 0 Å². The zero-order chi connectivity index (χ0) is 11.5. The van der Waals surface area contributed by atoms with Crippen molar-refractivity contribution in [1.82, 2.24) is 5.32 Å². The molecule has 1 aromatic carbocycles. The van der Waals surface area contributed by atoms with E-state index in [0.717, 1.165) is 5.25 Å². The zero-order valence-electron chi connectivity index (χ0n) is 9.74. The van der Waals surface area contributed by atoms with Crippen LogP contribution in [0.1, 0.15) is 31.9 Å². The molecule has 1 aliphatic heterocycles. The minimum Gasteiger partial charge on any atom is -0.306 e. The lowest BCUT2D eigenvalue weighted by atomic mass is 10.1. The van der Waals surface area contributed by atoms with Crippen LogP contribution in [-0.4, -0.2) is 17.0 Å². The van der Waals surface area contributed by atoms with Gasteiger partial charge in [-0.25, -0.2) is 0 Å². The predicted octanol–water partition coefficient (Wildman–Crippen LogP) is 3.99. The van der Waals surface area contributed by atoms with Crippen molar-refractivity contribution in [3.05, 3.63) is 34.3 Å². The van der Waals surface area contributed by atoms with Gasteiger partial charge in [0.2, 0.25) is 0 Å².